The van der Waals surface area contributed by atoms with E-state index in [1.54, 1.807) is 0 Å². The molecule has 0 fully saturated rings. The van der Waals surface area contributed by atoms with E-state index in [9.17, 15) is 0 Å². The molecule has 1 rings (SSSR count). The number of nitrogens with one attached hydrogen (secondary N) is 1. The number of hydrogen-bond donors (Lipinski definition) is 1. The third kappa shape index (κ3) is 4.35. The summed E-state index contributed by atoms with van der Waals surface area (Å²) < 4.78 is 2.08. The van der Waals surface area contributed by atoms with Gasteiger partial charge in [0.15, 0.2) is 0 Å². The van der Waals surface area contributed by atoms with Crippen molar-refractivity contribution in [2.75, 3.05) is 6.54 Å². The number of hydrogen-bond acceptors (Lipinski definition) is 2. The van der Waals surface area contributed by atoms with Crippen LogP contribution in [0.5, 0.6) is 0 Å². The Morgan fingerprint density at radius 3 is 2.75 bits per heavy atom. The molecule has 0 aromatic carbocycles. The minimum atomic E-state index is 0.517. The zero-order valence-corrected chi connectivity index (χ0v) is 11.0. The average molecular weight is 223 g/mol. The molecule has 0 aliphatic carbocycles. The summed E-state index contributed by atoms with van der Waals surface area (Å²) in [4.78, 5) is 0. The third-order valence-corrected chi connectivity index (χ3v) is 2.68. The Labute approximate surface area is 99.2 Å². The van der Waals surface area contributed by atoms with Gasteiger partial charge in [0, 0.05) is 18.8 Å². The number of rotatable bonds is 7. The maximum atomic E-state index is 4.58. The van der Waals surface area contributed by atoms with Gasteiger partial charge >= 0.3 is 0 Å². The Balaban J connectivity index is 2.39. The molecule has 0 aliphatic heterocycles. The van der Waals surface area contributed by atoms with Crippen LogP contribution in [0.15, 0.2) is 12.3 Å². The van der Waals surface area contributed by atoms with E-state index in [-0.39, 0.29) is 0 Å². The van der Waals surface area contributed by atoms with Crippen LogP contribution < -0.4 is 5.32 Å². The molecule has 1 N–H and O–H groups in total. The highest BCUT2D eigenvalue weighted by Gasteiger charge is 2.05. The molecular weight excluding hydrogens is 198 g/mol. The first-order valence-corrected chi connectivity index (χ1v) is 6.38. The Kier molecular flexibility index (Phi) is 5.53. The molecule has 0 aliphatic rings. The maximum Gasteiger partial charge on any atom is 0.0762 e. The van der Waals surface area contributed by atoms with Crippen LogP contribution in [0.2, 0.25) is 0 Å². The van der Waals surface area contributed by atoms with Crippen LogP contribution in [0.3, 0.4) is 0 Å². The predicted molar refractivity (Wildman–Crippen MR) is 68.4 cm³/mol. The monoisotopic (exact) mass is 223 g/mol. The first kappa shape index (κ1) is 13.2. The molecule has 0 spiro atoms. The van der Waals surface area contributed by atoms with Crippen molar-refractivity contribution in [1.82, 2.24) is 15.1 Å². The Bertz CT molecular complexity index is 291. The molecule has 1 aromatic heterocycles. The highest BCUT2D eigenvalue weighted by molar-refractivity contribution is 4.99. The van der Waals surface area contributed by atoms with Crippen LogP contribution in [0.4, 0.5) is 0 Å². The quantitative estimate of drug-likeness (QED) is 0.770. The minimum absolute atomic E-state index is 0.517. The van der Waals surface area contributed by atoms with Crippen LogP contribution in [-0.4, -0.2) is 16.3 Å². The summed E-state index contributed by atoms with van der Waals surface area (Å²) in [6.07, 6.45) is 4.50. The lowest BCUT2D eigenvalue weighted by Crippen LogP contribution is -2.19. The van der Waals surface area contributed by atoms with Gasteiger partial charge in [0.2, 0.25) is 0 Å². The summed E-state index contributed by atoms with van der Waals surface area (Å²) >= 11 is 0. The minimum Gasteiger partial charge on any atom is -0.311 e. The van der Waals surface area contributed by atoms with E-state index >= 15 is 0 Å². The molecule has 1 heterocycles. The molecule has 0 bridgehead atoms. The van der Waals surface area contributed by atoms with Crippen LogP contribution in [-0.2, 0) is 6.54 Å². The lowest BCUT2D eigenvalue weighted by atomic mass is 10.2. The van der Waals surface area contributed by atoms with Gasteiger partial charge in [0.1, 0.15) is 0 Å². The summed E-state index contributed by atoms with van der Waals surface area (Å²) in [6.45, 7) is 10.8. The molecule has 0 amide bonds. The molecule has 3 heteroatoms. The Morgan fingerprint density at radius 2 is 2.12 bits per heavy atom. The summed E-state index contributed by atoms with van der Waals surface area (Å²) in [6, 6.07) is 2.63. The van der Waals surface area contributed by atoms with Gasteiger partial charge in [-0.3, -0.25) is 4.68 Å². The van der Waals surface area contributed by atoms with Gasteiger partial charge in [0.25, 0.3) is 0 Å². The van der Waals surface area contributed by atoms with E-state index in [4.69, 9.17) is 0 Å². The van der Waals surface area contributed by atoms with Crippen molar-refractivity contribution in [3.63, 3.8) is 0 Å². The number of nitrogens with zero attached hydrogens (tertiary/aromatic N) is 2. The maximum absolute atomic E-state index is 4.58. The Hall–Kier alpha value is -0.830. The van der Waals surface area contributed by atoms with Gasteiger partial charge in [-0.15, -0.1) is 0 Å². The fraction of sp³-hybridized carbons (Fsp3) is 0.769. The van der Waals surface area contributed by atoms with Crippen molar-refractivity contribution in [1.29, 1.82) is 0 Å². The van der Waals surface area contributed by atoms with E-state index in [2.05, 4.69) is 55.1 Å². The van der Waals surface area contributed by atoms with Crippen molar-refractivity contribution >= 4 is 0 Å². The van der Waals surface area contributed by atoms with Gasteiger partial charge in [-0.2, -0.15) is 5.10 Å². The zero-order valence-electron chi connectivity index (χ0n) is 11.0. The molecule has 3 nitrogen and oxygen atoms in total. The molecule has 92 valence electrons. The standard InChI is InChI=1S/C13H25N3/c1-5-6-12(4)16-8-7-13(15-16)10-14-9-11(2)3/h7-8,11-12,14H,5-6,9-10H2,1-4H3. The lowest BCUT2D eigenvalue weighted by molar-refractivity contribution is 0.448. The topological polar surface area (TPSA) is 29.9 Å². The second-order valence-electron chi connectivity index (χ2n) is 4.95. The summed E-state index contributed by atoms with van der Waals surface area (Å²) in [5, 5.41) is 7.99. The smallest absolute Gasteiger partial charge is 0.0762 e. The van der Waals surface area contributed by atoms with E-state index < -0.39 is 0 Å². The van der Waals surface area contributed by atoms with Gasteiger partial charge in [-0.1, -0.05) is 27.2 Å². The highest BCUT2D eigenvalue weighted by Crippen LogP contribution is 2.11. The first-order chi connectivity index (χ1) is 7.63. The Morgan fingerprint density at radius 1 is 1.38 bits per heavy atom. The van der Waals surface area contributed by atoms with Gasteiger partial charge < -0.3 is 5.32 Å². The average Bonchev–Trinajstić information content (AvgIpc) is 2.66. The predicted octanol–water partition coefficient (Wildman–Crippen LogP) is 2.99. The normalized spacial score (nSPS) is 13.3. The summed E-state index contributed by atoms with van der Waals surface area (Å²) in [5.41, 5.74) is 1.14. The van der Waals surface area contributed by atoms with Crippen LogP contribution in [0.1, 0.15) is 52.3 Å². The summed E-state index contributed by atoms with van der Waals surface area (Å²) in [5.74, 6) is 0.695. The molecule has 16 heavy (non-hydrogen) atoms. The van der Waals surface area contributed by atoms with E-state index in [1.165, 1.54) is 12.8 Å². The SMILES string of the molecule is CCCC(C)n1ccc(CNCC(C)C)n1. The molecule has 0 radical (unpaired) electrons. The van der Waals surface area contributed by atoms with Crippen LogP contribution >= 0.6 is 0 Å². The van der Waals surface area contributed by atoms with Crippen molar-refractivity contribution in [3.05, 3.63) is 18.0 Å². The fourth-order valence-corrected chi connectivity index (χ4v) is 1.76. The van der Waals surface area contributed by atoms with Gasteiger partial charge in [0.05, 0.1) is 5.69 Å². The second kappa shape index (κ2) is 6.69. The van der Waals surface area contributed by atoms with E-state index in [1.807, 2.05) is 0 Å². The highest BCUT2D eigenvalue weighted by atomic mass is 15.3. The largest absolute Gasteiger partial charge is 0.311 e. The van der Waals surface area contributed by atoms with Crippen molar-refractivity contribution in [2.24, 2.45) is 5.92 Å². The van der Waals surface area contributed by atoms with E-state index in [0.29, 0.717) is 12.0 Å². The summed E-state index contributed by atoms with van der Waals surface area (Å²) in [7, 11) is 0. The van der Waals surface area contributed by atoms with Crippen molar-refractivity contribution in [3.8, 4) is 0 Å². The lowest BCUT2D eigenvalue weighted by Gasteiger charge is -2.10. The first-order valence-electron chi connectivity index (χ1n) is 6.38. The molecule has 0 saturated carbocycles. The van der Waals surface area contributed by atoms with Crippen LogP contribution in [0, 0.1) is 5.92 Å². The fourth-order valence-electron chi connectivity index (χ4n) is 1.76. The van der Waals surface area contributed by atoms with Crippen molar-refractivity contribution < 1.29 is 0 Å². The second-order valence-corrected chi connectivity index (χ2v) is 4.95. The van der Waals surface area contributed by atoms with Gasteiger partial charge in [-0.05, 0) is 31.9 Å². The molecule has 0 saturated heterocycles. The van der Waals surface area contributed by atoms with E-state index in [0.717, 1.165) is 18.8 Å². The number of aromatic nitrogens is 2. The molecule has 1 atom stereocenters. The molecule has 1 aromatic rings. The van der Waals surface area contributed by atoms with Crippen LogP contribution in [0.25, 0.3) is 0 Å². The third-order valence-electron chi connectivity index (χ3n) is 2.68. The zero-order chi connectivity index (χ0) is 12.0. The van der Waals surface area contributed by atoms with Crippen molar-refractivity contribution in [2.45, 2.75) is 53.1 Å². The molecular formula is C13H25N3. The van der Waals surface area contributed by atoms with Gasteiger partial charge in [-0.25, -0.2) is 0 Å². The molecule has 1 unspecified atom stereocenters.